The van der Waals surface area contributed by atoms with Crippen LogP contribution < -0.4 is 4.74 Å². The van der Waals surface area contributed by atoms with Crippen molar-refractivity contribution >= 4 is 0 Å². The van der Waals surface area contributed by atoms with Gasteiger partial charge in [-0.25, -0.2) is 4.90 Å². The van der Waals surface area contributed by atoms with Crippen molar-refractivity contribution in [2.45, 2.75) is 32.0 Å². The molecule has 1 aliphatic rings. The minimum absolute atomic E-state index is 0.00634. The van der Waals surface area contributed by atoms with Crippen molar-refractivity contribution in [2.24, 2.45) is 0 Å². The molecule has 0 aliphatic carbocycles. The lowest BCUT2D eigenvalue weighted by Crippen LogP contribution is -2.40. The van der Waals surface area contributed by atoms with E-state index in [2.05, 4.69) is 0 Å². The van der Waals surface area contributed by atoms with E-state index in [0.717, 1.165) is 28.0 Å². The SMILES string of the molecule is COc1cc2c(cc1Cc1ccccc1)C(C)CN(C(F)(F)F)CC2. The van der Waals surface area contributed by atoms with Gasteiger partial charge in [-0.15, -0.1) is 0 Å². The molecule has 0 spiro atoms. The van der Waals surface area contributed by atoms with Crippen molar-refractivity contribution in [3.63, 3.8) is 0 Å². The quantitative estimate of drug-likeness (QED) is 0.740. The third kappa shape index (κ3) is 3.98. The maximum Gasteiger partial charge on any atom is 0.459 e. The highest BCUT2D eigenvalue weighted by molar-refractivity contribution is 5.47. The minimum atomic E-state index is -4.28. The first-order chi connectivity index (χ1) is 11.9. The molecular formula is C20H22F3NO. The summed E-state index contributed by atoms with van der Waals surface area (Å²) in [5.41, 5.74) is 4.12. The first-order valence-corrected chi connectivity index (χ1v) is 8.44. The lowest BCUT2D eigenvalue weighted by atomic mass is 9.91. The molecule has 5 heteroatoms. The zero-order valence-corrected chi connectivity index (χ0v) is 14.4. The minimum Gasteiger partial charge on any atom is -0.496 e. The van der Waals surface area contributed by atoms with Crippen LogP contribution in [0.5, 0.6) is 5.75 Å². The highest BCUT2D eigenvalue weighted by Gasteiger charge is 2.39. The molecule has 1 atom stereocenters. The van der Waals surface area contributed by atoms with Gasteiger partial charge >= 0.3 is 6.30 Å². The monoisotopic (exact) mass is 349 g/mol. The molecule has 25 heavy (non-hydrogen) atoms. The van der Waals surface area contributed by atoms with Gasteiger partial charge in [-0.3, -0.25) is 0 Å². The molecule has 2 nitrogen and oxygen atoms in total. The molecule has 134 valence electrons. The van der Waals surface area contributed by atoms with Crippen LogP contribution in [0.25, 0.3) is 0 Å². The van der Waals surface area contributed by atoms with Crippen LogP contribution in [0.3, 0.4) is 0 Å². The predicted molar refractivity (Wildman–Crippen MR) is 92.0 cm³/mol. The Labute approximate surface area is 146 Å². The lowest BCUT2D eigenvalue weighted by Gasteiger charge is -2.25. The number of fused-ring (bicyclic) bond motifs is 1. The largest absolute Gasteiger partial charge is 0.496 e. The molecule has 2 aromatic rings. The molecule has 3 rings (SSSR count). The Hall–Kier alpha value is -2.01. The van der Waals surface area contributed by atoms with Crippen molar-refractivity contribution in [3.8, 4) is 5.75 Å². The summed E-state index contributed by atoms with van der Waals surface area (Å²) in [6.07, 6.45) is -3.21. The zero-order chi connectivity index (χ0) is 18.0. The van der Waals surface area contributed by atoms with Crippen LogP contribution in [0, 0.1) is 0 Å². The molecule has 0 radical (unpaired) electrons. The molecule has 0 amide bonds. The third-order valence-electron chi connectivity index (χ3n) is 4.81. The number of rotatable bonds is 3. The molecule has 1 unspecified atom stereocenters. The van der Waals surface area contributed by atoms with E-state index in [0.29, 0.717) is 17.7 Å². The summed E-state index contributed by atoms with van der Waals surface area (Å²) in [5, 5.41) is 0. The second kappa shape index (κ2) is 7.08. The van der Waals surface area contributed by atoms with Crippen LogP contribution in [-0.4, -0.2) is 31.4 Å². The maximum absolute atomic E-state index is 13.1. The number of halogens is 3. The summed E-state index contributed by atoms with van der Waals surface area (Å²) < 4.78 is 44.9. The number of nitrogens with zero attached hydrogens (tertiary/aromatic N) is 1. The smallest absolute Gasteiger partial charge is 0.459 e. The maximum atomic E-state index is 13.1. The second-order valence-corrected chi connectivity index (χ2v) is 6.59. The number of alkyl halides is 3. The van der Waals surface area contributed by atoms with Crippen molar-refractivity contribution in [1.82, 2.24) is 4.90 Å². The Morgan fingerprint density at radius 1 is 1.16 bits per heavy atom. The zero-order valence-electron chi connectivity index (χ0n) is 14.4. The summed E-state index contributed by atoms with van der Waals surface area (Å²) in [7, 11) is 1.61. The number of hydrogen-bond acceptors (Lipinski definition) is 2. The van der Waals surface area contributed by atoms with Gasteiger partial charge in [-0.05, 0) is 40.7 Å². The van der Waals surface area contributed by atoms with E-state index in [1.54, 1.807) is 7.11 Å². The van der Waals surface area contributed by atoms with Crippen LogP contribution >= 0.6 is 0 Å². The molecule has 0 saturated carbocycles. The average Bonchev–Trinajstić information content (AvgIpc) is 2.74. The van der Waals surface area contributed by atoms with Gasteiger partial charge in [0.05, 0.1) is 7.11 Å². The van der Waals surface area contributed by atoms with E-state index < -0.39 is 6.30 Å². The van der Waals surface area contributed by atoms with Gasteiger partial charge in [0, 0.05) is 19.5 Å². The van der Waals surface area contributed by atoms with Gasteiger partial charge in [0.15, 0.2) is 0 Å². The van der Waals surface area contributed by atoms with Gasteiger partial charge < -0.3 is 4.74 Å². The van der Waals surface area contributed by atoms with Crippen LogP contribution in [-0.2, 0) is 12.8 Å². The van der Waals surface area contributed by atoms with Gasteiger partial charge in [0.25, 0.3) is 0 Å². The Balaban J connectivity index is 1.94. The van der Waals surface area contributed by atoms with E-state index in [1.165, 1.54) is 0 Å². The Kier molecular flexibility index (Phi) is 5.04. The first-order valence-electron chi connectivity index (χ1n) is 8.44. The fraction of sp³-hybridized carbons (Fsp3) is 0.400. The van der Waals surface area contributed by atoms with Crippen LogP contribution in [0.4, 0.5) is 13.2 Å². The van der Waals surface area contributed by atoms with Gasteiger partial charge in [-0.1, -0.05) is 43.3 Å². The van der Waals surface area contributed by atoms with Gasteiger partial charge in [-0.2, -0.15) is 13.2 Å². The normalized spacial score (nSPS) is 18.5. The average molecular weight is 349 g/mol. The highest BCUT2D eigenvalue weighted by Crippen LogP contribution is 2.35. The third-order valence-corrected chi connectivity index (χ3v) is 4.81. The topological polar surface area (TPSA) is 12.5 Å². The summed E-state index contributed by atoms with van der Waals surface area (Å²) in [4.78, 5) is 0.612. The van der Waals surface area contributed by atoms with Crippen LogP contribution in [0.2, 0.25) is 0 Å². The predicted octanol–water partition coefficient (Wildman–Crippen LogP) is 4.77. The van der Waals surface area contributed by atoms with Crippen molar-refractivity contribution in [3.05, 3.63) is 64.7 Å². The van der Waals surface area contributed by atoms with Crippen LogP contribution in [0.1, 0.15) is 35.1 Å². The lowest BCUT2D eigenvalue weighted by molar-refractivity contribution is -0.245. The first kappa shape index (κ1) is 17.8. The van der Waals surface area contributed by atoms with E-state index in [9.17, 15) is 13.2 Å². The highest BCUT2D eigenvalue weighted by atomic mass is 19.4. The second-order valence-electron chi connectivity index (χ2n) is 6.59. The Morgan fingerprint density at radius 2 is 1.88 bits per heavy atom. The molecular weight excluding hydrogens is 327 g/mol. The molecule has 0 fully saturated rings. The summed E-state index contributed by atoms with van der Waals surface area (Å²) in [6.45, 7) is 1.84. The fourth-order valence-electron chi connectivity index (χ4n) is 3.51. The summed E-state index contributed by atoms with van der Waals surface area (Å²) >= 11 is 0. The van der Waals surface area contributed by atoms with E-state index in [1.807, 2.05) is 49.4 Å². The van der Waals surface area contributed by atoms with Crippen molar-refractivity contribution in [1.29, 1.82) is 0 Å². The van der Waals surface area contributed by atoms with Crippen molar-refractivity contribution < 1.29 is 17.9 Å². The van der Waals surface area contributed by atoms with E-state index in [4.69, 9.17) is 4.74 Å². The van der Waals surface area contributed by atoms with Gasteiger partial charge in [0.1, 0.15) is 5.75 Å². The molecule has 0 N–H and O–H groups in total. The van der Waals surface area contributed by atoms with Crippen molar-refractivity contribution in [2.75, 3.05) is 20.2 Å². The Morgan fingerprint density at radius 3 is 2.52 bits per heavy atom. The number of methoxy groups -OCH3 is 1. The molecule has 0 aromatic heterocycles. The Bertz CT molecular complexity index is 728. The molecule has 1 heterocycles. The fourth-order valence-corrected chi connectivity index (χ4v) is 3.51. The molecule has 0 saturated heterocycles. The summed E-state index contributed by atoms with van der Waals surface area (Å²) in [6, 6.07) is 14.0. The summed E-state index contributed by atoms with van der Waals surface area (Å²) in [5.74, 6) is 0.565. The number of hydrogen-bond donors (Lipinski definition) is 0. The van der Waals surface area contributed by atoms with Crippen LogP contribution in [0.15, 0.2) is 42.5 Å². The van der Waals surface area contributed by atoms with Gasteiger partial charge in [0.2, 0.25) is 0 Å². The van der Waals surface area contributed by atoms with E-state index >= 15 is 0 Å². The standard InChI is InChI=1S/C20H22F3NO/c1-14-13-24(20(21,22)23)9-8-16-12-19(25-2)17(11-18(14)16)10-15-6-4-3-5-7-15/h3-7,11-12,14H,8-10,13H2,1-2H3. The molecule has 2 aromatic carbocycles. The number of benzene rings is 2. The molecule has 1 aliphatic heterocycles. The molecule has 0 bridgehead atoms. The van der Waals surface area contributed by atoms with E-state index in [-0.39, 0.29) is 19.0 Å². The number of ether oxygens (including phenoxy) is 1.